The van der Waals surface area contributed by atoms with Gasteiger partial charge in [0.25, 0.3) is 10.0 Å². The summed E-state index contributed by atoms with van der Waals surface area (Å²) in [4.78, 5) is 10.1. The molecule has 4 aliphatic rings. The maximum Gasteiger partial charge on any atom is 0.266 e. The van der Waals surface area contributed by atoms with E-state index < -0.39 is 10.0 Å². The van der Waals surface area contributed by atoms with E-state index >= 15 is 0 Å². The van der Waals surface area contributed by atoms with Gasteiger partial charge in [0.2, 0.25) is 5.96 Å². The van der Waals surface area contributed by atoms with E-state index in [1.165, 1.54) is 32.1 Å². The number of sulfonamides is 1. The van der Waals surface area contributed by atoms with Gasteiger partial charge in [-0.2, -0.15) is 0 Å². The van der Waals surface area contributed by atoms with Crippen molar-refractivity contribution in [1.82, 2.24) is 14.1 Å². The van der Waals surface area contributed by atoms with Crippen molar-refractivity contribution in [3.63, 3.8) is 0 Å². The molecule has 1 atom stereocenters. The second-order valence-corrected chi connectivity index (χ2v) is 11.6. The lowest BCUT2D eigenvalue weighted by Crippen LogP contribution is -2.56. The van der Waals surface area contributed by atoms with Crippen LogP contribution in [0.4, 0.5) is 0 Å². The Hall–Kier alpha value is -1.60. The molecular weight excluding hydrogens is 396 g/mol. The van der Waals surface area contributed by atoms with Crippen LogP contribution in [0, 0.1) is 5.92 Å². The van der Waals surface area contributed by atoms with Crippen LogP contribution in [-0.2, 0) is 10.0 Å². The molecule has 6 nitrogen and oxygen atoms in total. The zero-order valence-electron chi connectivity index (χ0n) is 18.2. The molecule has 2 saturated carbocycles. The Labute approximate surface area is 181 Å². The number of nitrogens with zero attached hydrogens (tertiary/aromatic N) is 4. The van der Waals surface area contributed by atoms with Crippen LogP contribution < -0.4 is 0 Å². The number of aliphatic imine (C=N–C) groups is 1. The Morgan fingerprint density at radius 1 is 0.967 bits per heavy atom. The summed E-state index contributed by atoms with van der Waals surface area (Å²) in [6.45, 7) is 8.49. The van der Waals surface area contributed by atoms with Crippen molar-refractivity contribution in [2.75, 3.05) is 32.7 Å². The lowest BCUT2D eigenvalue weighted by atomic mass is 9.91. The van der Waals surface area contributed by atoms with Gasteiger partial charge < -0.3 is 4.90 Å². The first kappa shape index (κ1) is 20.3. The molecule has 0 amide bonds. The zero-order chi connectivity index (χ0) is 20.9. The van der Waals surface area contributed by atoms with E-state index in [0.717, 1.165) is 37.8 Å². The summed E-state index contributed by atoms with van der Waals surface area (Å²) >= 11 is 0. The highest BCUT2D eigenvalue weighted by Crippen LogP contribution is 2.38. The van der Waals surface area contributed by atoms with Crippen molar-refractivity contribution < 1.29 is 8.42 Å². The molecule has 1 aromatic carbocycles. The first-order valence-corrected chi connectivity index (χ1v) is 13.1. The first-order chi connectivity index (χ1) is 14.4. The smallest absolute Gasteiger partial charge is 0.266 e. The first-order valence-electron chi connectivity index (χ1n) is 11.6. The van der Waals surface area contributed by atoms with Crippen molar-refractivity contribution in [1.29, 1.82) is 0 Å². The minimum absolute atomic E-state index is 0.120. The van der Waals surface area contributed by atoms with Crippen LogP contribution in [0.5, 0.6) is 0 Å². The molecular formula is C23H34N4O2S. The zero-order valence-corrected chi connectivity index (χ0v) is 19.0. The lowest BCUT2D eigenvalue weighted by Gasteiger charge is -2.44. The van der Waals surface area contributed by atoms with E-state index in [9.17, 15) is 8.42 Å². The fourth-order valence-corrected chi connectivity index (χ4v) is 6.34. The predicted molar refractivity (Wildman–Crippen MR) is 119 cm³/mol. The number of rotatable bonds is 5. The van der Waals surface area contributed by atoms with Gasteiger partial charge in [-0.05, 0) is 55.2 Å². The molecule has 7 heteroatoms. The third kappa shape index (κ3) is 3.75. The normalized spacial score (nSPS) is 26.2. The number of guanidine groups is 1. The minimum Gasteiger partial charge on any atom is -0.339 e. The standard InChI is InChI=1S/C23H34N4O2S/c1-17(2)18-8-10-21(11-9-18)30(28,29)27-16-22(19-6-7-19)24-23(27)26-14-12-25(13-15-26)20-4-3-5-20/h8-11,17,19-20,22H,3-7,12-16H2,1-2H3/t22-/m1/s1. The maximum atomic E-state index is 13.6. The summed E-state index contributed by atoms with van der Waals surface area (Å²) in [5.41, 5.74) is 1.16. The molecule has 0 radical (unpaired) electrons. The van der Waals surface area contributed by atoms with Crippen LogP contribution in [0.3, 0.4) is 0 Å². The van der Waals surface area contributed by atoms with Gasteiger partial charge >= 0.3 is 0 Å². The average Bonchev–Trinajstić information content (AvgIpc) is 3.45. The Morgan fingerprint density at radius 3 is 2.17 bits per heavy atom. The Kier molecular flexibility index (Phi) is 5.30. The van der Waals surface area contributed by atoms with Gasteiger partial charge in [0.15, 0.2) is 0 Å². The molecule has 0 unspecified atom stereocenters. The number of hydrogen-bond acceptors (Lipinski definition) is 5. The summed E-state index contributed by atoms with van der Waals surface area (Å²) < 4.78 is 28.8. The Morgan fingerprint density at radius 2 is 1.63 bits per heavy atom. The Bertz CT molecular complexity index is 896. The molecule has 30 heavy (non-hydrogen) atoms. The SMILES string of the molecule is CC(C)c1ccc(S(=O)(=O)N2C[C@H](C3CC3)N=C2N2CCN(C3CCC3)CC2)cc1. The van der Waals surface area contributed by atoms with Gasteiger partial charge in [-0.1, -0.05) is 32.4 Å². The van der Waals surface area contributed by atoms with Gasteiger partial charge in [0.05, 0.1) is 17.5 Å². The summed E-state index contributed by atoms with van der Waals surface area (Å²) in [5.74, 6) is 1.63. The summed E-state index contributed by atoms with van der Waals surface area (Å²) in [6.07, 6.45) is 6.33. The highest BCUT2D eigenvalue weighted by atomic mass is 32.2. The molecule has 0 bridgehead atoms. The second kappa shape index (κ2) is 7.83. The monoisotopic (exact) mass is 430 g/mol. The van der Waals surface area contributed by atoms with Crippen molar-refractivity contribution in [3.8, 4) is 0 Å². The van der Waals surface area contributed by atoms with Crippen molar-refractivity contribution in [3.05, 3.63) is 29.8 Å². The van der Waals surface area contributed by atoms with Gasteiger partial charge in [0.1, 0.15) is 0 Å². The van der Waals surface area contributed by atoms with Crippen LogP contribution in [0.2, 0.25) is 0 Å². The molecule has 3 fully saturated rings. The van der Waals surface area contributed by atoms with E-state index in [2.05, 4.69) is 23.6 Å². The molecule has 2 aliphatic heterocycles. The van der Waals surface area contributed by atoms with Crippen molar-refractivity contribution in [2.24, 2.45) is 10.9 Å². The van der Waals surface area contributed by atoms with E-state index in [0.29, 0.717) is 29.2 Å². The van der Waals surface area contributed by atoms with Crippen molar-refractivity contribution in [2.45, 2.75) is 68.8 Å². The van der Waals surface area contributed by atoms with E-state index in [-0.39, 0.29) is 6.04 Å². The van der Waals surface area contributed by atoms with Crippen LogP contribution in [0.15, 0.2) is 34.2 Å². The van der Waals surface area contributed by atoms with E-state index in [1.807, 2.05) is 12.1 Å². The minimum atomic E-state index is -3.59. The number of hydrogen-bond donors (Lipinski definition) is 0. The van der Waals surface area contributed by atoms with Gasteiger partial charge in [-0.25, -0.2) is 17.7 Å². The lowest BCUT2D eigenvalue weighted by molar-refractivity contribution is 0.0833. The quantitative estimate of drug-likeness (QED) is 0.720. The van der Waals surface area contributed by atoms with Crippen LogP contribution >= 0.6 is 0 Å². The summed E-state index contributed by atoms with van der Waals surface area (Å²) in [7, 11) is -3.59. The number of benzene rings is 1. The summed E-state index contributed by atoms with van der Waals surface area (Å²) in [5, 5.41) is 0. The molecule has 0 spiro atoms. The molecule has 1 saturated heterocycles. The van der Waals surface area contributed by atoms with Crippen LogP contribution in [0.25, 0.3) is 0 Å². The molecule has 2 heterocycles. The van der Waals surface area contributed by atoms with Crippen LogP contribution in [0.1, 0.15) is 57.4 Å². The highest BCUT2D eigenvalue weighted by Gasteiger charge is 2.44. The second-order valence-electron chi connectivity index (χ2n) is 9.70. The third-order valence-electron chi connectivity index (χ3n) is 7.35. The molecule has 0 N–H and O–H groups in total. The van der Waals surface area contributed by atoms with Crippen molar-refractivity contribution >= 4 is 16.0 Å². The van der Waals surface area contributed by atoms with E-state index in [4.69, 9.17) is 4.99 Å². The topological polar surface area (TPSA) is 56.2 Å². The summed E-state index contributed by atoms with van der Waals surface area (Å²) in [6, 6.07) is 8.29. The highest BCUT2D eigenvalue weighted by molar-refractivity contribution is 7.89. The van der Waals surface area contributed by atoms with Crippen LogP contribution in [-0.4, -0.2) is 73.3 Å². The predicted octanol–water partition coefficient (Wildman–Crippen LogP) is 3.12. The molecule has 5 rings (SSSR count). The van der Waals surface area contributed by atoms with Gasteiger partial charge in [0, 0.05) is 32.2 Å². The average molecular weight is 431 g/mol. The molecule has 164 valence electrons. The third-order valence-corrected chi connectivity index (χ3v) is 9.11. The fraction of sp³-hybridized carbons (Fsp3) is 0.696. The van der Waals surface area contributed by atoms with E-state index in [1.54, 1.807) is 16.4 Å². The van der Waals surface area contributed by atoms with Gasteiger partial charge in [-0.3, -0.25) is 4.90 Å². The fourth-order valence-electron chi connectivity index (χ4n) is 4.88. The largest absolute Gasteiger partial charge is 0.339 e. The molecule has 2 aliphatic carbocycles. The molecule has 0 aromatic heterocycles. The maximum absolute atomic E-state index is 13.6. The molecule has 1 aromatic rings. The number of piperazine rings is 1. The Balaban J connectivity index is 1.36. The van der Waals surface area contributed by atoms with Gasteiger partial charge in [-0.15, -0.1) is 0 Å².